The number of aromatic nitrogens is 2. The van der Waals surface area contributed by atoms with Gasteiger partial charge >= 0.3 is 5.97 Å². The first-order chi connectivity index (χ1) is 14.5. The maximum Gasteiger partial charge on any atom is 0.307 e. The zero-order valence-electron chi connectivity index (χ0n) is 16.9. The summed E-state index contributed by atoms with van der Waals surface area (Å²) >= 11 is 0. The van der Waals surface area contributed by atoms with Gasteiger partial charge in [0.2, 0.25) is 0 Å². The fraction of sp³-hybridized carbons (Fsp3) is 0.273. The number of hydrogen-bond donors (Lipinski definition) is 2. The largest absolute Gasteiger partial charge is 0.466 e. The molecule has 0 bridgehead atoms. The van der Waals surface area contributed by atoms with Crippen molar-refractivity contribution in [1.29, 1.82) is 5.26 Å². The summed E-state index contributed by atoms with van der Waals surface area (Å²) in [6, 6.07) is 14.6. The molecule has 8 heteroatoms. The van der Waals surface area contributed by atoms with Crippen LogP contribution in [0.3, 0.4) is 0 Å². The molecule has 0 radical (unpaired) electrons. The number of anilines is 1. The average molecular weight is 405 g/mol. The van der Waals surface area contributed by atoms with Gasteiger partial charge in [-0.05, 0) is 49.4 Å². The Labute approximate surface area is 174 Å². The van der Waals surface area contributed by atoms with Gasteiger partial charge in [-0.3, -0.25) is 9.59 Å². The van der Waals surface area contributed by atoms with E-state index < -0.39 is 0 Å². The second-order valence-electron chi connectivity index (χ2n) is 6.64. The van der Waals surface area contributed by atoms with Crippen molar-refractivity contribution in [3.63, 3.8) is 0 Å². The fourth-order valence-corrected chi connectivity index (χ4v) is 3.01. The molecule has 0 fully saturated rings. The molecule has 0 saturated carbocycles. The van der Waals surface area contributed by atoms with Gasteiger partial charge < -0.3 is 19.9 Å². The summed E-state index contributed by atoms with van der Waals surface area (Å²) in [5, 5.41) is 14.9. The number of nitrogens with zero attached hydrogens (tertiary/aromatic N) is 3. The summed E-state index contributed by atoms with van der Waals surface area (Å²) in [6.07, 6.45) is 0.135. The van der Waals surface area contributed by atoms with Crippen LogP contribution < -0.4 is 10.6 Å². The average Bonchev–Trinajstić information content (AvgIpc) is 3.07. The number of carbonyl (C=O) groups is 2. The van der Waals surface area contributed by atoms with Gasteiger partial charge in [0.1, 0.15) is 5.82 Å². The molecule has 0 unspecified atom stereocenters. The number of nitrogens with one attached hydrogen (secondary N) is 2. The minimum absolute atomic E-state index is 0.135. The van der Waals surface area contributed by atoms with E-state index in [-0.39, 0.29) is 24.8 Å². The van der Waals surface area contributed by atoms with Gasteiger partial charge in [-0.15, -0.1) is 0 Å². The Hall–Kier alpha value is -3.86. The number of ether oxygens (including phenoxy) is 1. The number of hydrogen-bond acceptors (Lipinski definition) is 6. The summed E-state index contributed by atoms with van der Waals surface area (Å²) in [6.45, 7) is 2.79. The molecular weight excluding hydrogens is 382 g/mol. The van der Waals surface area contributed by atoms with Crippen molar-refractivity contribution in [1.82, 2.24) is 14.9 Å². The van der Waals surface area contributed by atoms with Crippen LogP contribution in [0.2, 0.25) is 0 Å². The maximum absolute atomic E-state index is 12.3. The monoisotopic (exact) mass is 405 g/mol. The lowest BCUT2D eigenvalue weighted by atomic mass is 10.2. The fourth-order valence-electron chi connectivity index (χ4n) is 3.01. The Bertz CT molecular complexity index is 1100. The van der Waals surface area contributed by atoms with Crippen molar-refractivity contribution in [3.8, 4) is 6.07 Å². The number of aryl methyl sites for hydroxylation is 1. The molecule has 2 aromatic carbocycles. The summed E-state index contributed by atoms with van der Waals surface area (Å²) in [5.41, 5.74) is 3.61. The predicted octanol–water partition coefficient (Wildman–Crippen LogP) is 2.74. The third kappa shape index (κ3) is 4.94. The lowest BCUT2D eigenvalue weighted by Crippen LogP contribution is -2.26. The lowest BCUT2D eigenvalue weighted by Gasteiger charge is -2.07. The number of fused-ring (bicyclic) bond motifs is 1. The van der Waals surface area contributed by atoms with Gasteiger partial charge in [0.05, 0.1) is 42.2 Å². The number of rotatable bonds is 8. The van der Waals surface area contributed by atoms with Gasteiger partial charge in [0, 0.05) is 24.8 Å². The molecule has 0 aliphatic carbocycles. The molecule has 0 saturated heterocycles. The highest BCUT2D eigenvalue weighted by atomic mass is 16.5. The Morgan fingerprint density at radius 2 is 1.97 bits per heavy atom. The van der Waals surface area contributed by atoms with Crippen molar-refractivity contribution >= 4 is 28.6 Å². The topological polar surface area (TPSA) is 109 Å². The molecular formula is C22H23N5O3. The Balaban J connectivity index is 1.65. The van der Waals surface area contributed by atoms with Crippen LogP contribution in [0.4, 0.5) is 5.69 Å². The molecule has 0 atom stereocenters. The van der Waals surface area contributed by atoms with Crippen molar-refractivity contribution in [2.45, 2.75) is 19.9 Å². The highest BCUT2D eigenvalue weighted by molar-refractivity contribution is 5.97. The standard InChI is InChI=1S/C22H23N5O3/c1-3-30-21(28)10-11-24-22(29)16-6-9-19-18(12-16)26-20(27(19)2)14-25-17-7-4-15(13-23)5-8-17/h4-9,12,25H,3,10-11,14H2,1-2H3,(H,24,29). The Morgan fingerprint density at radius 3 is 2.67 bits per heavy atom. The third-order valence-electron chi connectivity index (χ3n) is 4.62. The van der Waals surface area contributed by atoms with Crippen LogP contribution in [-0.2, 0) is 23.1 Å². The van der Waals surface area contributed by atoms with E-state index in [1.807, 2.05) is 29.8 Å². The number of amides is 1. The van der Waals surface area contributed by atoms with E-state index in [1.54, 1.807) is 31.2 Å². The van der Waals surface area contributed by atoms with Crippen molar-refractivity contribution in [2.75, 3.05) is 18.5 Å². The van der Waals surface area contributed by atoms with Crippen LogP contribution in [0.5, 0.6) is 0 Å². The number of esters is 1. The summed E-state index contributed by atoms with van der Waals surface area (Å²) in [4.78, 5) is 28.3. The molecule has 154 valence electrons. The number of nitriles is 1. The van der Waals surface area contributed by atoms with E-state index in [2.05, 4.69) is 21.7 Å². The van der Waals surface area contributed by atoms with E-state index in [4.69, 9.17) is 10.00 Å². The first-order valence-corrected chi connectivity index (χ1v) is 9.65. The van der Waals surface area contributed by atoms with Crippen molar-refractivity contribution in [2.24, 2.45) is 7.05 Å². The van der Waals surface area contributed by atoms with E-state index in [0.29, 0.717) is 29.8 Å². The third-order valence-corrected chi connectivity index (χ3v) is 4.62. The van der Waals surface area contributed by atoms with Crippen molar-refractivity contribution < 1.29 is 14.3 Å². The van der Waals surface area contributed by atoms with Crippen LogP contribution in [0.25, 0.3) is 11.0 Å². The van der Waals surface area contributed by atoms with Crippen LogP contribution >= 0.6 is 0 Å². The second-order valence-corrected chi connectivity index (χ2v) is 6.64. The number of carbonyl (C=O) groups excluding carboxylic acids is 2. The molecule has 3 aromatic rings. The maximum atomic E-state index is 12.3. The second kappa shape index (κ2) is 9.56. The minimum atomic E-state index is -0.336. The van der Waals surface area contributed by atoms with Gasteiger partial charge in [-0.25, -0.2) is 4.98 Å². The summed E-state index contributed by atoms with van der Waals surface area (Å²) in [7, 11) is 1.92. The first kappa shape index (κ1) is 20.9. The minimum Gasteiger partial charge on any atom is -0.466 e. The molecule has 8 nitrogen and oxygen atoms in total. The molecule has 30 heavy (non-hydrogen) atoms. The zero-order chi connectivity index (χ0) is 21.5. The SMILES string of the molecule is CCOC(=O)CCNC(=O)c1ccc2c(c1)nc(CNc1ccc(C#N)cc1)n2C. The van der Waals surface area contributed by atoms with Crippen LogP contribution in [-0.4, -0.2) is 34.6 Å². The number of benzene rings is 2. The lowest BCUT2D eigenvalue weighted by molar-refractivity contribution is -0.142. The van der Waals surface area contributed by atoms with Gasteiger partial charge in [0.25, 0.3) is 5.91 Å². The molecule has 0 aliphatic heterocycles. The zero-order valence-corrected chi connectivity index (χ0v) is 16.9. The summed E-state index contributed by atoms with van der Waals surface area (Å²) < 4.78 is 6.81. The van der Waals surface area contributed by atoms with E-state index in [9.17, 15) is 9.59 Å². The van der Waals surface area contributed by atoms with Crippen LogP contribution in [0, 0.1) is 11.3 Å². The van der Waals surface area contributed by atoms with E-state index in [1.165, 1.54) is 0 Å². The Morgan fingerprint density at radius 1 is 1.20 bits per heavy atom. The van der Waals surface area contributed by atoms with Gasteiger partial charge in [-0.1, -0.05) is 0 Å². The van der Waals surface area contributed by atoms with Crippen LogP contribution in [0.15, 0.2) is 42.5 Å². The molecule has 0 spiro atoms. The first-order valence-electron chi connectivity index (χ1n) is 9.65. The Kier molecular flexibility index (Phi) is 6.65. The highest BCUT2D eigenvalue weighted by Gasteiger charge is 2.12. The highest BCUT2D eigenvalue weighted by Crippen LogP contribution is 2.18. The summed E-state index contributed by atoms with van der Waals surface area (Å²) in [5.74, 6) is 0.218. The number of imidazole rings is 1. The van der Waals surface area contributed by atoms with E-state index >= 15 is 0 Å². The predicted molar refractivity (Wildman–Crippen MR) is 113 cm³/mol. The van der Waals surface area contributed by atoms with Gasteiger partial charge in [0.15, 0.2) is 0 Å². The molecule has 1 heterocycles. The van der Waals surface area contributed by atoms with Crippen LogP contribution in [0.1, 0.15) is 35.1 Å². The molecule has 0 aliphatic rings. The smallest absolute Gasteiger partial charge is 0.307 e. The molecule has 2 N–H and O–H groups in total. The normalized spacial score (nSPS) is 10.4. The molecule has 3 rings (SSSR count). The molecule has 1 aromatic heterocycles. The van der Waals surface area contributed by atoms with Crippen molar-refractivity contribution in [3.05, 3.63) is 59.4 Å². The van der Waals surface area contributed by atoms with Gasteiger partial charge in [-0.2, -0.15) is 5.26 Å². The molecule has 1 amide bonds. The van der Waals surface area contributed by atoms with E-state index in [0.717, 1.165) is 17.0 Å². The quantitative estimate of drug-likeness (QED) is 0.558.